The van der Waals surface area contributed by atoms with Gasteiger partial charge in [-0.25, -0.2) is 0 Å². The highest BCUT2D eigenvalue weighted by Crippen LogP contribution is 2.28. The Bertz CT molecular complexity index is 325. The Labute approximate surface area is 85.5 Å². The number of nitrogens with zero attached hydrogens (tertiary/aromatic N) is 3. The molecule has 1 rings (SSSR count). The zero-order chi connectivity index (χ0) is 11.1. The molecule has 0 fully saturated rings. The molecular formula is C10H20N4. The van der Waals surface area contributed by atoms with Crippen LogP contribution in [-0.4, -0.2) is 15.0 Å². The van der Waals surface area contributed by atoms with E-state index in [9.17, 15) is 0 Å². The van der Waals surface area contributed by atoms with Crippen LogP contribution in [0.5, 0.6) is 0 Å². The van der Waals surface area contributed by atoms with Gasteiger partial charge in [-0.05, 0) is 13.8 Å². The number of aromatic nitrogens is 3. The van der Waals surface area contributed by atoms with E-state index in [1.54, 1.807) is 0 Å². The van der Waals surface area contributed by atoms with Gasteiger partial charge in [0.1, 0.15) is 5.69 Å². The Morgan fingerprint density at radius 2 is 1.64 bits per heavy atom. The third-order valence-corrected chi connectivity index (χ3v) is 2.15. The van der Waals surface area contributed by atoms with E-state index in [1.807, 2.05) is 25.6 Å². The predicted octanol–water partition coefficient (Wildman–Crippen LogP) is 1.31. The van der Waals surface area contributed by atoms with E-state index in [4.69, 9.17) is 5.73 Å². The number of rotatable bonds is 1. The van der Waals surface area contributed by atoms with Crippen LogP contribution in [0.15, 0.2) is 0 Å². The van der Waals surface area contributed by atoms with Gasteiger partial charge >= 0.3 is 0 Å². The maximum absolute atomic E-state index is 6.05. The van der Waals surface area contributed by atoms with Gasteiger partial charge in [-0.1, -0.05) is 26.0 Å². The first-order valence-electron chi connectivity index (χ1n) is 4.83. The second-order valence-electron chi connectivity index (χ2n) is 5.38. The van der Waals surface area contributed by atoms with E-state index in [-0.39, 0.29) is 5.41 Å². The van der Waals surface area contributed by atoms with Gasteiger partial charge in [-0.3, -0.25) is 4.68 Å². The third-order valence-electron chi connectivity index (χ3n) is 2.15. The van der Waals surface area contributed by atoms with Gasteiger partial charge in [0.15, 0.2) is 0 Å². The van der Waals surface area contributed by atoms with Gasteiger partial charge in [0.2, 0.25) is 0 Å². The minimum atomic E-state index is -0.434. The Balaban J connectivity index is 3.35. The fourth-order valence-corrected chi connectivity index (χ4v) is 1.63. The smallest absolute Gasteiger partial charge is 0.106 e. The lowest BCUT2D eigenvalue weighted by atomic mass is 9.85. The van der Waals surface area contributed by atoms with E-state index < -0.39 is 5.54 Å². The highest BCUT2D eigenvalue weighted by Gasteiger charge is 2.30. The van der Waals surface area contributed by atoms with Crippen LogP contribution in [0.2, 0.25) is 0 Å². The first-order valence-corrected chi connectivity index (χ1v) is 4.83. The summed E-state index contributed by atoms with van der Waals surface area (Å²) in [6.45, 7) is 10.3. The number of aryl methyl sites for hydroxylation is 1. The fourth-order valence-electron chi connectivity index (χ4n) is 1.63. The molecule has 0 radical (unpaired) electrons. The van der Waals surface area contributed by atoms with Crippen LogP contribution in [0.3, 0.4) is 0 Å². The van der Waals surface area contributed by atoms with Gasteiger partial charge in [-0.2, -0.15) is 0 Å². The molecule has 14 heavy (non-hydrogen) atoms. The molecule has 0 aliphatic rings. The molecule has 0 atom stereocenters. The molecule has 0 unspecified atom stereocenters. The minimum absolute atomic E-state index is 0.0181. The zero-order valence-corrected chi connectivity index (χ0v) is 9.92. The molecule has 0 bridgehead atoms. The summed E-state index contributed by atoms with van der Waals surface area (Å²) in [5, 5.41) is 8.18. The molecule has 4 heteroatoms. The van der Waals surface area contributed by atoms with Crippen LogP contribution in [0.25, 0.3) is 0 Å². The summed E-state index contributed by atoms with van der Waals surface area (Å²) in [4.78, 5) is 0. The van der Waals surface area contributed by atoms with Crippen LogP contribution >= 0.6 is 0 Å². The summed E-state index contributed by atoms with van der Waals surface area (Å²) < 4.78 is 1.81. The normalized spacial score (nSPS) is 13.4. The first kappa shape index (κ1) is 11.2. The lowest BCUT2D eigenvalue weighted by molar-refractivity contribution is 0.479. The van der Waals surface area contributed by atoms with Crippen LogP contribution in [0, 0.1) is 0 Å². The molecule has 0 saturated carbocycles. The van der Waals surface area contributed by atoms with Gasteiger partial charge in [-0.15, -0.1) is 5.10 Å². The Hall–Kier alpha value is -0.900. The van der Waals surface area contributed by atoms with Crippen molar-refractivity contribution in [3.05, 3.63) is 11.4 Å². The minimum Gasteiger partial charge on any atom is -0.320 e. The summed E-state index contributed by atoms with van der Waals surface area (Å²) in [7, 11) is 1.91. The molecule has 0 aromatic carbocycles. The summed E-state index contributed by atoms with van der Waals surface area (Å²) in [6.07, 6.45) is 0. The van der Waals surface area contributed by atoms with Gasteiger partial charge in [0, 0.05) is 12.5 Å². The molecular weight excluding hydrogens is 176 g/mol. The predicted molar refractivity (Wildman–Crippen MR) is 56.9 cm³/mol. The van der Waals surface area contributed by atoms with Crippen molar-refractivity contribution in [3.63, 3.8) is 0 Å². The zero-order valence-electron chi connectivity index (χ0n) is 9.92. The molecule has 0 saturated heterocycles. The summed E-state index contributed by atoms with van der Waals surface area (Å²) >= 11 is 0. The third kappa shape index (κ3) is 1.95. The molecule has 4 nitrogen and oxygen atoms in total. The molecule has 80 valence electrons. The van der Waals surface area contributed by atoms with E-state index in [1.165, 1.54) is 0 Å². The maximum Gasteiger partial charge on any atom is 0.106 e. The molecule has 2 N–H and O–H groups in total. The van der Waals surface area contributed by atoms with Crippen molar-refractivity contribution < 1.29 is 0 Å². The van der Waals surface area contributed by atoms with Crippen molar-refractivity contribution in [3.8, 4) is 0 Å². The Morgan fingerprint density at radius 3 is 1.93 bits per heavy atom. The average Bonchev–Trinajstić information content (AvgIpc) is 2.27. The van der Waals surface area contributed by atoms with Crippen LogP contribution in [0.1, 0.15) is 46.0 Å². The van der Waals surface area contributed by atoms with Gasteiger partial charge < -0.3 is 5.73 Å². The van der Waals surface area contributed by atoms with Gasteiger partial charge in [0.05, 0.1) is 11.2 Å². The molecule has 1 heterocycles. The highest BCUT2D eigenvalue weighted by atomic mass is 15.4. The monoisotopic (exact) mass is 196 g/mol. The van der Waals surface area contributed by atoms with E-state index in [2.05, 4.69) is 31.1 Å². The van der Waals surface area contributed by atoms with Crippen molar-refractivity contribution >= 4 is 0 Å². The lowest BCUT2D eigenvalue weighted by Crippen LogP contribution is -2.33. The Kier molecular flexibility index (Phi) is 2.44. The lowest BCUT2D eigenvalue weighted by Gasteiger charge is -2.25. The summed E-state index contributed by atoms with van der Waals surface area (Å²) in [5.41, 5.74) is 7.62. The van der Waals surface area contributed by atoms with Crippen molar-refractivity contribution in [2.24, 2.45) is 12.8 Å². The standard InChI is InChI=1S/C10H20N4/c1-9(2,3)8-7(10(4,5)11)12-13-14(8)6/h11H2,1-6H3. The summed E-state index contributed by atoms with van der Waals surface area (Å²) in [5.74, 6) is 0. The van der Waals surface area contributed by atoms with Crippen LogP contribution in [0.4, 0.5) is 0 Å². The number of hydrogen-bond acceptors (Lipinski definition) is 3. The SMILES string of the molecule is Cn1nnc(C(C)(C)N)c1C(C)(C)C. The van der Waals surface area contributed by atoms with E-state index in [0.29, 0.717) is 0 Å². The van der Waals surface area contributed by atoms with Crippen molar-refractivity contribution in [1.82, 2.24) is 15.0 Å². The van der Waals surface area contributed by atoms with Gasteiger partial charge in [0.25, 0.3) is 0 Å². The van der Waals surface area contributed by atoms with Crippen LogP contribution < -0.4 is 5.73 Å². The summed E-state index contributed by atoms with van der Waals surface area (Å²) in [6, 6.07) is 0. The Morgan fingerprint density at radius 1 is 1.14 bits per heavy atom. The van der Waals surface area contributed by atoms with Crippen molar-refractivity contribution in [1.29, 1.82) is 0 Å². The molecule has 0 amide bonds. The molecule has 1 aromatic heterocycles. The number of nitrogens with two attached hydrogens (primary N) is 1. The fraction of sp³-hybridized carbons (Fsp3) is 0.800. The van der Waals surface area contributed by atoms with E-state index in [0.717, 1.165) is 11.4 Å². The topological polar surface area (TPSA) is 56.7 Å². The molecule has 1 aromatic rings. The maximum atomic E-state index is 6.05. The highest BCUT2D eigenvalue weighted by molar-refractivity contribution is 5.24. The molecule has 0 spiro atoms. The molecule has 0 aliphatic carbocycles. The molecule has 0 aliphatic heterocycles. The van der Waals surface area contributed by atoms with Crippen molar-refractivity contribution in [2.45, 2.75) is 45.6 Å². The first-order chi connectivity index (χ1) is 6.14. The van der Waals surface area contributed by atoms with E-state index >= 15 is 0 Å². The number of hydrogen-bond donors (Lipinski definition) is 1. The average molecular weight is 196 g/mol. The van der Waals surface area contributed by atoms with Crippen LogP contribution in [-0.2, 0) is 18.0 Å². The second kappa shape index (κ2) is 3.05. The quantitative estimate of drug-likeness (QED) is 0.736. The second-order valence-corrected chi connectivity index (χ2v) is 5.38. The largest absolute Gasteiger partial charge is 0.320 e. The van der Waals surface area contributed by atoms with Crippen molar-refractivity contribution in [2.75, 3.05) is 0 Å².